The van der Waals surface area contributed by atoms with Gasteiger partial charge in [-0.1, -0.05) is 31.4 Å². The molecule has 1 saturated heterocycles. The van der Waals surface area contributed by atoms with E-state index in [1.165, 1.54) is 24.8 Å². The van der Waals surface area contributed by atoms with Crippen LogP contribution in [-0.4, -0.2) is 68.4 Å². The lowest BCUT2D eigenvalue weighted by Gasteiger charge is -2.39. The number of likely N-dealkylation sites (tertiary alicyclic amines) is 1. The maximum Gasteiger partial charge on any atom is 0.257 e. The number of aliphatic imine (C=N–C) groups is 2. The molecule has 2 aromatic rings. The van der Waals surface area contributed by atoms with E-state index in [4.69, 9.17) is 20.2 Å². The highest BCUT2D eigenvalue weighted by Crippen LogP contribution is 2.42. The highest BCUT2D eigenvalue weighted by atomic mass is 16.5. The van der Waals surface area contributed by atoms with Gasteiger partial charge in [-0.3, -0.25) is 15.1 Å². The van der Waals surface area contributed by atoms with Crippen molar-refractivity contribution < 1.29 is 14.3 Å². The van der Waals surface area contributed by atoms with Gasteiger partial charge >= 0.3 is 0 Å². The van der Waals surface area contributed by atoms with Gasteiger partial charge in [0, 0.05) is 29.2 Å². The van der Waals surface area contributed by atoms with Crippen molar-refractivity contribution in [2.24, 2.45) is 15.7 Å². The standard InChI is InChI=1S/C30H39N5O3/c1-4-38-27-16-22-23(17-26(27)37-3)28(33-25-14-15-35(2)18-24(22)25)19-10-12-20(13-11-19)29(36)34-30(31)32-21-8-6-5-7-9-21/h10-13,16-17,21,24-25H,4-9,14-15,18H2,1-3H3,(H3,31,32,34,36)/t24-,25-/m0/s1. The van der Waals surface area contributed by atoms with E-state index >= 15 is 0 Å². The Morgan fingerprint density at radius 2 is 1.89 bits per heavy atom. The van der Waals surface area contributed by atoms with Crippen LogP contribution in [0.1, 0.15) is 78.4 Å². The number of fused-ring (bicyclic) bond motifs is 3. The normalized spacial score (nSPS) is 22.2. The summed E-state index contributed by atoms with van der Waals surface area (Å²) in [5, 5.41) is 2.76. The first-order valence-electron chi connectivity index (χ1n) is 13.8. The van der Waals surface area contributed by atoms with E-state index in [1.54, 1.807) is 7.11 Å². The fraction of sp³-hybridized carbons (Fsp3) is 0.500. The molecule has 202 valence electrons. The summed E-state index contributed by atoms with van der Waals surface area (Å²) in [6.45, 7) is 4.53. The van der Waals surface area contributed by atoms with Crippen molar-refractivity contribution in [3.63, 3.8) is 0 Å². The molecule has 2 atom stereocenters. The summed E-state index contributed by atoms with van der Waals surface area (Å²) >= 11 is 0. The molecule has 38 heavy (non-hydrogen) atoms. The fourth-order valence-electron chi connectivity index (χ4n) is 5.95. The number of guanidine groups is 1. The van der Waals surface area contributed by atoms with Gasteiger partial charge in [0.2, 0.25) is 0 Å². The number of benzene rings is 2. The molecule has 0 spiro atoms. The second kappa shape index (κ2) is 11.6. The molecular formula is C30H39N5O3. The van der Waals surface area contributed by atoms with Gasteiger partial charge in [-0.15, -0.1) is 0 Å². The number of piperidine rings is 1. The first-order valence-corrected chi connectivity index (χ1v) is 13.8. The first-order chi connectivity index (χ1) is 18.5. The van der Waals surface area contributed by atoms with Crippen LogP contribution in [0, 0.1) is 0 Å². The van der Waals surface area contributed by atoms with Crippen molar-refractivity contribution in [1.82, 2.24) is 10.2 Å². The predicted molar refractivity (Wildman–Crippen MR) is 151 cm³/mol. The third kappa shape index (κ3) is 5.55. The molecule has 8 heteroatoms. The molecule has 2 aromatic carbocycles. The van der Waals surface area contributed by atoms with E-state index < -0.39 is 0 Å². The molecule has 5 rings (SSSR count). The number of likely N-dealkylation sites (N-methyl/N-ethyl adjacent to an activating group) is 1. The highest BCUT2D eigenvalue weighted by Gasteiger charge is 2.36. The zero-order chi connectivity index (χ0) is 26.6. The number of methoxy groups -OCH3 is 1. The lowest BCUT2D eigenvalue weighted by Crippen LogP contribution is -2.41. The number of hydrogen-bond acceptors (Lipinski definition) is 6. The Balaban J connectivity index is 1.41. The van der Waals surface area contributed by atoms with Gasteiger partial charge in [-0.2, -0.15) is 0 Å². The van der Waals surface area contributed by atoms with Gasteiger partial charge in [0.25, 0.3) is 5.91 Å². The molecule has 3 aliphatic rings. The molecule has 8 nitrogen and oxygen atoms in total. The molecule has 0 bridgehead atoms. The minimum Gasteiger partial charge on any atom is -0.493 e. The van der Waals surface area contributed by atoms with Crippen LogP contribution < -0.4 is 20.5 Å². The van der Waals surface area contributed by atoms with Crippen LogP contribution in [0.2, 0.25) is 0 Å². The lowest BCUT2D eigenvalue weighted by atomic mass is 9.79. The Kier molecular flexibility index (Phi) is 7.98. The first kappa shape index (κ1) is 26.2. The lowest BCUT2D eigenvalue weighted by molar-refractivity contribution is 0.0976. The van der Waals surface area contributed by atoms with E-state index in [0.717, 1.165) is 54.9 Å². The summed E-state index contributed by atoms with van der Waals surface area (Å²) in [6, 6.07) is 12.2. The van der Waals surface area contributed by atoms with Crippen LogP contribution in [0.25, 0.3) is 0 Å². The number of hydrogen-bond donors (Lipinski definition) is 2. The molecule has 1 saturated carbocycles. The summed E-state index contributed by atoms with van der Waals surface area (Å²) in [6.07, 6.45) is 6.65. The smallest absolute Gasteiger partial charge is 0.257 e. The number of nitrogens with one attached hydrogen (secondary N) is 1. The SMILES string of the molecule is CCOc1cc2c(cc1OC)C(c1ccc(C(=O)NC(N)=NC3CCCCC3)cc1)=N[C@H]1CCN(C)C[C@@H]21. The third-order valence-corrected chi connectivity index (χ3v) is 7.92. The Labute approximate surface area is 225 Å². The molecule has 0 aromatic heterocycles. The number of amides is 1. The number of ether oxygens (including phenoxy) is 2. The molecule has 3 N–H and O–H groups in total. The average molecular weight is 518 g/mol. The third-order valence-electron chi connectivity index (χ3n) is 7.92. The van der Waals surface area contributed by atoms with Crippen LogP contribution in [0.5, 0.6) is 11.5 Å². The van der Waals surface area contributed by atoms with Gasteiger partial charge in [0.15, 0.2) is 17.5 Å². The van der Waals surface area contributed by atoms with Crippen molar-refractivity contribution in [3.8, 4) is 11.5 Å². The van der Waals surface area contributed by atoms with Gasteiger partial charge < -0.3 is 20.1 Å². The van der Waals surface area contributed by atoms with Gasteiger partial charge in [0.05, 0.1) is 31.5 Å². The number of rotatable bonds is 6. The minimum atomic E-state index is -0.252. The van der Waals surface area contributed by atoms with Gasteiger partial charge in [0.1, 0.15) is 0 Å². The average Bonchev–Trinajstić information content (AvgIpc) is 2.93. The topological polar surface area (TPSA) is 102 Å². The fourth-order valence-corrected chi connectivity index (χ4v) is 5.95. The van der Waals surface area contributed by atoms with E-state index in [2.05, 4.69) is 28.3 Å². The zero-order valence-electron chi connectivity index (χ0n) is 22.7. The van der Waals surface area contributed by atoms with Crippen LogP contribution in [0.3, 0.4) is 0 Å². The van der Waals surface area contributed by atoms with Crippen molar-refractivity contribution in [2.45, 2.75) is 63.5 Å². The quantitative estimate of drug-likeness (QED) is 0.444. The Morgan fingerprint density at radius 3 is 2.61 bits per heavy atom. The molecule has 1 aliphatic carbocycles. The molecule has 2 aliphatic heterocycles. The van der Waals surface area contributed by atoms with E-state index in [-0.39, 0.29) is 24.0 Å². The predicted octanol–water partition coefficient (Wildman–Crippen LogP) is 4.11. The van der Waals surface area contributed by atoms with Crippen molar-refractivity contribution in [2.75, 3.05) is 33.9 Å². The van der Waals surface area contributed by atoms with Crippen molar-refractivity contribution in [1.29, 1.82) is 0 Å². The van der Waals surface area contributed by atoms with Crippen molar-refractivity contribution >= 4 is 17.6 Å². The summed E-state index contributed by atoms with van der Waals surface area (Å²) in [5.74, 6) is 1.71. The van der Waals surface area contributed by atoms with Crippen molar-refractivity contribution in [3.05, 3.63) is 58.7 Å². The zero-order valence-corrected chi connectivity index (χ0v) is 22.7. The van der Waals surface area contributed by atoms with Crippen LogP contribution in [0.15, 0.2) is 46.4 Å². The molecule has 2 fully saturated rings. The van der Waals surface area contributed by atoms with E-state index in [9.17, 15) is 4.79 Å². The Morgan fingerprint density at radius 1 is 1.13 bits per heavy atom. The summed E-state index contributed by atoms with van der Waals surface area (Å²) in [7, 11) is 3.83. The second-order valence-corrected chi connectivity index (χ2v) is 10.6. The number of nitrogens with zero attached hydrogens (tertiary/aromatic N) is 3. The van der Waals surface area contributed by atoms with E-state index in [0.29, 0.717) is 23.8 Å². The monoisotopic (exact) mass is 517 g/mol. The largest absolute Gasteiger partial charge is 0.493 e. The van der Waals surface area contributed by atoms with Gasteiger partial charge in [-0.05, 0) is 69.6 Å². The molecule has 2 heterocycles. The maximum absolute atomic E-state index is 12.8. The molecule has 0 radical (unpaired) electrons. The van der Waals surface area contributed by atoms with Crippen LogP contribution in [0.4, 0.5) is 0 Å². The highest BCUT2D eigenvalue weighted by molar-refractivity contribution is 6.15. The van der Waals surface area contributed by atoms with Crippen LogP contribution >= 0.6 is 0 Å². The maximum atomic E-state index is 12.8. The minimum absolute atomic E-state index is 0.196. The summed E-state index contributed by atoms with van der Waals surface area (Å²) in [4.78, 5) is 25.0. The molecule has 0 unspecified atom stereocenters. The number of carbonyl (C=O) groups is 1. The Bertz CT molecular complexity index is 1220. The number of carbonyl (C=O) groups excluding carboxylic acids is 1. The second-order valence-electron chi connectivity index (χ2n) is 10.6. The summed E-state index contributed by atoms with van der Waals surface area (Å²) in [5.41, 5.74) is 10.8. The van der Waals surface area contributed by atoms with Gasteiger partial charge in [-0.25, -0.2) is 4.99 Å². The van der Waals surface area contributed by atoms with E-state index in [1.807, 2.05) is 37.3 Å². The van der Waals surface area contributed by atoms with Crippen LogP contribution in [-0.2, 0) is 0 Å². The molecule has 1 amide bonds. The summed E-state index contributed by atoms with van der Waals surface area (Å²) < 4.78 is 11.6. The molecular weight excluding hydrogens is 478 g/mol. The number of nitrogens with two attached hydrogens (primary N) is 1. The Hall–Kier alpha value is -3.39.